The zero-order valence-electron chi connectivity index (χ0n) is 14.1. The van der Waals surface area contributed by atoms with E-state index in [4.69, 9.17) is 4.74 Å². The molecule has 0 unspecified atom stereocenters. The van der Waals surface area contributed by atoms with Gasteiger partial charge in [0.15, 0.2) is 0 Å². The number of nitrogens with zero attached hydrogens (tertiary/aromatic N) is 2. The predicted molar refractivity (Wildman–Crippen MR) is 90.9 cm³/mol. The molecule has 2 atom stereocenters. The molecule has 1 aromatic rings. The molecule has 23 heavy (non-hydrogen) atoms. The average Bonchev–Trinajstić information content (AvgIpc) is 3.29. The van der Waals surface area contributed by atoms with Gasteiger partial charge in [-0.3, -0.25) is 4.79 Å². The summed E-state index contributed by atoms with van der Waals surface area (Å²) in [6, 6.07) is 6.82. The number of anilines is 1. The zero-order chi connectivity index (χ0) is 16.0. The van der Waals surface area contributed by atoms with E-state index in [-0.39, 0.29) is 12.5 Å². The van der Waals surface area contributed by atoms with E-state index in [9.17, 15) is 4.79 Å². The van der Waals surface area contributed by atoms with Crippen LogP contribution in [0.3, 0.4) is 0 Å². The van der Waals surface area contributed by atoms with Crippen LogP contribution in [0.2, 0.25) is 0 Å². The number of carbonyl (C=O) groups excluding carboxylic acids is 1. The van der Waals surface area contributed by atoms with Crippen molar-refractivity contribution in [3.63, 3.8) is 0 Å². The Hall–Kier alpha value is -1.39. The van der Waals surface area contributed by atoms with E-state index in [1.165, 1.54) is 24.0 Å². The largest absolute Gasteiger partial charge is 0.371 e. The molecule has 4 rings (SSSR count). The highest BCUT2D eigenvalue weighted by Gasteiger charge is 2.43. The highest BCUT2D eigenvalue weighted by atomic mass is 16.5. The normalized spacial score (nSPS) is 27.0. The van der Waals surface area contributed by atoms with Crippen LogP contribution in [0.1, 0.15) is 36.3 Å². The number of aryl methyl sites for hydroxylation is 1. The second-order valence-electron chi connectivity index (χ2n) is 7.51. The molecular weight excluding hydrogens is 288 g/mol. The van der Waals surface area contributed by atoms with Gasteiger partial charge in [-0.25, -0.2) is 0 Å². The number of fused-ring (bicyclic) bond motifs is 3. The van der Waals surface area contributed by atoms with Crippen LogP contribution >= 0.6 is 0 Å². The Balaban J connectivity index is 1.56. The first-order valence-electron chi connectivity index (χ1n) is 8.82. The van der Waals surface area contributed by atoms with Gasteiger partial charge in [-0.1, -0.05) is 17.7 Å². The van der Waals surface area contributed by atoms with Crippen LogP contribution in [-0.4, -0.2) is 50.2 Å². The van der Waals surface area contributed by atoms with Crippen LogP contribution in [-0.2, 0) is 9.53 Å². The number of rotatable bonds is 4. The number of ether oxygens (including phenoxy) is 1. The van der Waals surface area contributed by atoms with E-state index in [1.807, 2.05) is 4.90 Å². The molecule has 2 fully saturated rings. The minimum atomic E-state index is 0.132. The zero-order valence-corrected chi connectivity index (χ0v) is 14.1. The SMILES string of the molecule is Cc1ccc2c(c1)[C@H]1CN(C)CC[C@@H]1N2C(=O)COCC1CC1. The van der Waals surface area contributed by atoms with Gasteiger partial charge in [0.2, 0.25) is 0 Å². The van der Waals surface area contributed by atoms with Crippen molar-refractivity contribution in [1.29, 1.82) is 0 Å². The van der Waals surface area contributed by atoms with Gasteiger partial charge >= 0.3 is 0 Å². The van der Waals surface area contributed by atoms with Crippen molar-refractivity contribution in [2.75, 3.05) is 38.3 Å². The average molecular weight is 314 g/mol. The van der Waals surface area contributed by atoms with E-state index in [0.717, 1.165) is 31.8 Å². The first-order chi connectivity index (χ1) is 11.1. The molecule has 0 aromatic heterocycles. The third kappa shape index (κ3) is 2.90. The monoisotopic (exact) mass is 314 g/mol. The molecule has 124 valence electrons. The minimum Gasteiger partial charge on any atom is -0.371 e. The highest BCUT2D eigenvalue weighted by Crippen LogP contribution is 2.44. The molecular formula is C19H26N2O2. The Morgan fingerprint density at radius 2 is 2.13 bits per heavy atom. The topological polar surface area (TPSA) is 32.8 Å². The van der Waals surface area contributed by atoms with Gasteiger partial charge in [0.05, 0.1) is 6.61 Å². The number of likely N-dealkylation sites (tertiary alicyclic amines) is 1. The molecule has 1 saturated heterocycles. The predicted octanol–water partition coefficient (Wildman–Crippen LogP) is 2.56. The van der Waals surface area contributed by atoms with Gasteiger partial charge in [-0.05, 0) is 57.3 Å². The van der Waals surface area contributed by atoms with Crippen molar-refractivity contribution < 1.29 is 9.53 Å². The van der Waals surface area contributed by atoms with Crippen LogP contribution < -0.4 is 4.90 Å². The van der Waals surface area contributed by atoms with Crippen LogP contribution in [0.25, 0.3) is 0 Å². The summed E-state index contributed by atoms with van der Waals surface area (Å²) < 4.78 is 5.67. The smallest absolute Gasteiger partial charge is 0.253 e. The molecule has 4 heteroatoms. The third-order valence-corrected chi connectivity index (χ3v) is 5.50. The highest BCUT2D eigenvalue weighted by molar-refractivity contribution is 5.97. The number of piperidine rings is 1. The van der Waals surface area contributed by atoms with Crippen molar-refractivity contribution in [3.05, 3.63) is 29.3 Å². The van der Waals surface area contributed by atoms with Crippen LogP contribution in [0.4, 0.5) is 5.69 Å². The summed E-state index contributed by atoms with van der Waals surface area (Å²) in [6.45, 7) is 5.19. The summed E-state index contributed by atoms with van der Waals surface area (Å²) in [7, 11) is 2.18. The third-order valence-electron chi connectivity index (χ3n) is 5.50. The Morgan fingerprint density at radius 3 is 2.91 bits per heavy atom. The number of carbonyl (C=O) groups is 1. The number of hydrogen-bond donors (Lipinski definition) is 0. The molecule has 4 nitrogen and oxygen atoms in total. The standard InChI is InChI=1S/C19H26N2O2/c1-13-3-6-17-15(9-13)16-10-20(2)8-7-18(16)21(17)19(22)12-23-11-14-4-5-14/h3,6,9,14,16,18H,4-5,7-8,10-12H2,1-2H3/t16-,18+/m1/s1. The Kier molecular flexibility index (Phi) is 3.90. The molecule has 1 saturated carbocycles. The molecule has 1 aromatic carbocycles. The molecule has 0 radical (unpaired) electrons. The fourth-order valence-electron chi connectivity index (χ4n) is 4.07. The summed E-state index contributed by atoms with van der Waals surface area (Å²) in [6.07, 6.45) is 3.57. The summed E-state index contributed by atoms with van der Waals surface area (Å²) >= 11 is 0. The quantitative estimate of drug-likeness (QED) is 0.856. The fraction of sp³-hybridized carbons (Fsp3) is 0.632. The van der Waals surface area contributed by atoms with Crippen molar-refractivity contribution in [1.82, 2.24) is 4.90 Å². The lowest BCUT2D eigenvalue weighted by molar-refractivity contribution is -0.123. The maximum atomic E-state index is 12.8. The molecule has 1 aliphatic carbocycles. The number of benzene rings is 1. The van der Waals surface area contributed by atoms with Crippen molar-refractivity contribution in [3.8, 4) is 0 Å². The number of likely N-dealkylation sites (N-methyl/N-ethyl adjacent to an activating group) is 1. The summed E-state index contributed by atoms with van der Waals surface area (Å²) in [5.74, 6) is 1.27. The minimum absolute atomic E-state index is 0.132. The van der Waals surface area contributed by atoms with Crippen molar-refractivity contribution >= 4 is 11.6 Å². The van der Waals surface area contributed by atoms with Crippen LogP contribution in [0.15, 0.2) is 18.2 Å². The van der Waals surface area contributed by atoms with Gasteiger partial charge in [0, 0.05) is 24.2 Å². The van der Waals surface area contributed by atoms with Crippen LogP contribution in [0.5, 0.6) is 0 Å². The van der Waals surface area contributed by atoms with E-state index in [1.54, 1.807) is 0 Å². The van der Waals surface area contributed by atoms with Gasteiger partial charge in [0.25, 0.3) is 5.91 Å². The van der Waals surface area contributed by atoms with Crippen molar-refractivity contribution in [2.45, 2.75) is 38.1 Å². The lowest BCUT2D eigenvalue weighted by Gasteiger charge is -2.36. The maximum absolute atomic E-state index is 12.8. The van der Waals surface area contributed by atoms with Gasteiger partial charge < -0.3 is 14.5 Å². The Morgan fingerprint density at radius 1 is 1.30 bits per heavy atom. The summed E-state index contributed by atoms with van der Waals surface area (Å²) in [5, 5.41) is 0. The lowest BCUT2D eigenvalue weighted by atomic mass is 9.89. The molecule has 2 aliphatic heterocycles. The second kappa shape index (κ2) is 5.91. The summed E-state index contributed by atoms with van der Waals surface area (Å²) in [5.41, 5.74) is 3.73. The molecule has 0 bridgehead atoms. The van der Waals surface area contributed by atoms with Crippen LogP contribution in [0, 0.1) is 12.8 Å². The molecule has 3 aliphatic rings. The summed E-state index contributed by atoms with van der Waals surface area (Å²) in [4.78, 5) is 17.2. The first kappa shape index (κ1) is 15.2. The molecule has 2 heterocycles. The second-order valence-corrected chi connectivity index (χ2v) is 7.51. The number of amides is 1. The van der Waals surface area contributed by atoms with Gasteiger partial charge in [-0.2, -0.15) is 0 Å². The van der Waals surface area contributed by atoms with Gasteiger partial charge in [0.1, 0.15) is 6.61 Å². The van der Waals surface area contributed by atoms with Crippen molar-refractivity contribution in [2.24, 2.45) is 5.92 Å². The van der Waals surface area contributed by atoms with E-state index < -0.39 is 0 Å². The molecule has 0 N–H and O–H groups in total. The van der Waals surface area contributed by atoms with E-state index in [2.05, 4.69) is 37.1 Å². The fourth-order valence-corrected chi connectivity index (χ4v) is 4.07. The maximum Gasteiger partial charge on any atom is 0.253 e. The lowest BCUT2D eigenvalue weighted by Crippen LogP contribution is -2.48. The Labute approximate surface area is 138 Å². The Bertz CT molecular complexity index is 611. The van der Waals surface area contributed by atoms with E-state index in [0.29, 0.717) is 17.9 Å². The van der Waals surface area contributed by atoms with E-state index >= 15 is 0 Å². The molecule has 0 spiro atoms. The first-order valence-corrected chi connectivity index (χ1v) is 8.82. The number of hydrogen-bond acceptors (Lipinski definition) is 3. The molecule has 1 amide bonds. The van der Waals surface area contributed by atoms with Gasteiger partial charge in [-0.15, -0.1) is 0 Å².